The maximum absolute atomic E-state index is 10.4. The SMILES string of the molecule is CC(O)C(N)C(=O)O.NC(Cc1ccccc1)C(=O)O. The number of carboxylic acid groups (broad SMARTS) is 2. The fraction of sp³-hybridized carbons (Fsp3) is 0.385. The molecule has 3 unspecified atom stereocenters. The molecule has 0 heterocycles. The molecule has 1 aromatic carbocycles. The molecule has 7 heteroatoms. The molecule has 0 amide bonds. The summed E-state index contributed by atoms with van der Waals surface area (Å²) in [7, 11) is 0. The molecule has 1 aromatic rings. The van der Waals surface area contributed by atoms with Crippen molar-refractivity contribution in [2.75, 3.05) is 0 Å². The standard InChI is InChI=1S/C9H11NO2.C4H9NO3/c10-8(9(11)12)6-7-4-2-1-3-5-7;1-2(6)3(5)4(7)8/h1-5,8H,6,10H2,(H,11,12);2-3,6H,5H2,1H3,(H,7,8). The molecule has 1 rings (SSSR count). The van der Waals surface area contributed by atoms with Crippen molar-refractivity contribution in [3.8, 4) is 0 Å². The third-order valence-electron chi connectivity index (χ3n) is 2.42. The fourth-order valence-corrected chi connectivity index (χ4v) is 1.16. The summed E-state index contributed by atoms with van der Waals surface area (Å²) in [6.45, 7) is 1.33. The van der Waals surface area contributed by atoms with Gasteiger partial charge in [-0.15, -0.1) is 0 Å². The van der Waals surface area contributed by atoms with Gasteiger partial charge < -0.3 is 26.8 Å². The van der Waals surface area contributed by atoms with Crippen LogP contribution in [0.1, 0.15) is 12.5 Å². The van der Waals surface area contributed by atoms with Crippen molar-refractivity contribution in [2.45, 2.75) is 31.5 Å². The Balaban J connectivity index is 0.000000396. The Labute approximate surface area is 116 Å². The minimum absolute atomic E-state index is 0.385. The Morgan fingerprint density at radius 2 is 1.60 bits per heavy atom. The van der Waals surface area contributed by atoms with Gasteiger partial charge in [-0.1, -0.05) is 30.3 Å². The molecule has 0 saturated carbocycles. The Hall–Kier alpha value is -1.96. The van der Waals surface area contributed by atoms with Crippen LogP contribution in [0.5, 0.6) is 0 Å². The van der Waals surface area contributed by atoms with Crippen LogP contribution in [0.2, 0.25) is 0 Å². The number of aliphatic carboxylic acids is 2. The van der Waals surface area contributed by atoms with Gasteiger partial charge in [-0.2, -0.15) is 0 Å². The summed E-state index contributed by atoms with van der Waals surface area (Å²) >= 11 is 0. The molecule has 0 aliphatic heterocycles. The van der Waals surface area contributed by atoms with E-state index < -0.39 is 30.1 Å². The van der Waals surface area contributed by atoms with Crippen LogP contribution < -0.4 is 11.5 Å². The number of hydrogen-bond acceptors (Lipinski definition) is 5. The lowest BCUT2D eigenvalue weighted by Gasteiger charge is -2.06. The van der Waals surface area contributed by atoms with Gasteiger partial charge in [-0.05, 0) is 18.9 Å². The first-order valence-electron chi connectivity index (χ1n) is 5.94. The third kappa shape index (κ3) is 7.47. The average molecular weight is 284 g/mol. The molecule has 20 heavy (non-hydrogen) atoms. The monoisotopic (exact) mass is 284 g/mol. The normalized spacial score (nSPS) is 14.4. The Morgan fingerprint density at radius 3 is 1.90 bits per heavy atom. The van der Waals surface area contributed by atoms with Crippen molar-refractivity contribution >= 4 is 11.9 Å². The van der Waals surface area contributed by atoms with Crippen LogP contribution >= 0.6 is 0 Å². The predicted octanol–water partition coefficient (Wildman–Crippen LogP) is -0.580. The van der Waals surface area contributed by atoms with Crippen LogP contribution in [-0.4, -0.2) is 45.4 Å². The molecule has 7 nitrogen and oxygen atoms in total. The van der Waals surface area contributed by atoms with Crippen molar-refractivity contribution in [1.29, 1.82) is 0 Å². The van der Waals surface area contributed by atoms with E-state index in [2.05, 4.69) is 0 Å². The lowest BCUT2D eigenvalue weighted by Crippen LogP contribution is -2.39. The first-order valence-corrected chi connectivity index (χ1v) is 5.94. The van der Waals surface area contributed by atoms with Gasteiger partial charge in [-0.25, -0.2) is 0 Å². The van der Waals surface area contributed by atoms with Gasteiger partial charge in [0.2, 0.25) is 0 Å². The molecular formula is C13H20N2O5. The molecule has 3 atom stereocenters. The van der Waals surface area contributed by atoms with E-state index in [4.69, 9.17) is 26.8 Å². The second kappa shape index (κ2) is 9.03. The highest BCUT2D eigenvalue weighted by Crippen LogP contribution is 2.01. The summed E-state index contributed by atoms with van der Waals surface area (Å²) in [4.78, 5) is 20.2. The van der Waals surface area contributed by atoms with Crippen LogP contribution in [-0.2, 0) is 16.0 Å². The van der Waals surface area contributed by atoms with E-state index in [0.29, 0.717) is 6.42 Å². The van der Waals surface area contributed by atoms with E-state index >= 15 is 0 Å². The van der Waals surface area contributed by atoms with Crippen molar-refractivity contribution in [2.24, 2.45) is 11.5 Å². The maximum Gasteiger partial charge on any atom is 0.323 e. The van der Waals surface area contributed by atoms with Gasteiger partial charge in [0.15, 0.2) is 0 Å². The number of hydrogen-bond donors (Lipinski definition) is 5. The number of aliphatic hydroxyl groups is 1. The maximum atomic E-state index is 10.4. The average Bonchev–Trinajstić information content (AvgIpc) is 2.39. The number of carbonyl (C=O) groups is 2. The second-order valence-electron chi connectivity index (χ2n) is 4.24. The fourth-order valence-electron chi connectivity index (χ4n) is 1.16. The Bertz CT molecular complexity index is 422. The molecule has 0 aromatic heterocycles. The van der Waals surface area contributed by atoms with Crippen molar-refractivity contribution in [1.82, 2.24) is 0 Å². The van der Waals surface area contributed by atoms with Gasteiger partial charge in [0.25, 0.3) is 0 Å². The molecule has 0 saturated heterocycles. The molecular weight excluding hydrogens is 264 g/mol. The van der Waals surface area contributed by atoms with Crippen molar-refractivity contribution in [3.05, 3.63) is 35.9 Å². The molecule has 0 radical (unpaired) electrons. The highest BCUT2D eigenvalue weighted by atomic mass is 16.4. The number of nitrogens with two attached hydrogens (primary N) is 2. The molecule has 0 bridgehead atoms. The summed E-state index contributed by atoms with van der Waals surface area (Å²) in [5.41, 5.74) is 11.2. The van der Waals surface area contributed by atoms with Gasteiger partial charge in [0.05, 0.1) is 6.10 Å². The molecule has 0 aliphatic carbocycles. The summed E-state index contributed by atoms with van der Waals surface area (Å²) in [5, 5.41) is 25.1. The van der Waals surface area contributed by atoms with E-state index in [1.165, 1.54) is 6.92 Å². The molecule has 0 spiro atoms. The number of rotatable bonds is 5. The minimum Gasteiger partial charge on any atom is -0.480 e. The summed E-state index contributed by atoms with van der Waals surface area (Å²) in [6.07, 6.45) is -0.594. The lowest BCUT2D eigenvalue weighted by molar-refractivity contribution is -0.141. The number of aliphatic hydroxyl groups excluding tert-OH is 1. The van der Waals surface area contributed by atoms with E-state index in [-0.39, 0.29) is 0 Å². The van der Waals surface area contributed by atoms with Crippen LogP contribution in [0.15, 0.2) is 30.3 Å². The zero-order valence-corrected chi connectivity index (χ0v) is 11.1. The van der Waals surface area contributed by atoms with Crippen molar-refractivity contribution in [3.63, 3.8) is 0 Å². The predicted molar refractivity (Wildman–Crippen MR) is 73.0 cm³/mol. The smallest absolute Gasteiger partial charge is 0.323 e. The van der Waals surface area contributed by atoms with Crippen LogP contribution in [0, 0.1) is 0 Å². The first-order chi connectivity index (χ1) is 9.25. The van der Waals surface area contributed by atoms with Gasteiger partial charge >= 0.3 is 11.9 Å². The molecule has 112 valence electrons. The molecule has 7 N–H and O–H groups in total. The molecule has 0 aliphatic rings. The zero-order chi connectivity index (χ0) is 15.7. The number of carboxylic acids is 2. The third-order valence-corrected chi connectivity index (χ3v) is 2.42. The Kier molecular flexibility index (Phi) is 8.14. The van der Waals surface area contributed by atoms with Gasteiger partial charge in [-0.3, -0.25) is 9.59 Å². The minimum atomic E-state index is -1.18. The van der Waals surface area contributed by atoms with Crippen LogP contribution in [0.4, 0.5) is 0 Å². The van der Waals surface area contributed by atoms with E-state index in [1.54, 1.807) is 0 Å². The molecule has 0 fully saturated rings. The largest absolute Gasteiger partial charge is 0.480 e. The summed E-state index contributed by atoms with van der Waals surface area (Å²) < 4.78 is 0. The van der Waals surface area contributed by atoms with Crippen molar-refractivity contribution < 1.29 is 24.9 Å². The first kappa shape index (κ1) is 18.0. The van der Waals surface area contributed by atoms with E-state index in [1.807, 2.05) is 30.3 Å². The number of benzene rings is 1. The highest BCUT2D eigenvalue weighted by molar-refractivity contribution is 5.74. The highest BCUT2D eigenvalue weighted by Gasteiger charge is 2.16. The summed E-state index contributed by atoms with van der Waals surface area (Å²) in [6, 6.07) is 7.39. The van der Waals surface area contributed by atoms with Gasteiger partial charge in [0.1, 0.15) is 12.1 Å². The van der Waals surface area contributed by atoms with Crippen LogP contribution in [0.3, 0.4) is 0 Å². The Morgan fingerprint density at radius 1 is 1.10 bits per heavy atom. The van der Waals surface area contributed by atoms with Crippen LogP contribution in [0.25, 0.3) is 0 Å². The lowest BCUT2D eigenvalue weighted by atomic mass is 10.1. The zero-order valence-electron chi connectivity index (χ0n) is 11.1. The second-order valence-corrected chi connectivity index (χ2v) is 4.24. The van der Waals surface area contributed by atoms with E-state index in [9.17, 15) is 9.59 Å². The van der Waals surface area contributed by atoms with E-state index in [0.717, 1.165) is 5.56 Å². The quantitative estimate of drug-likeness (QED) is 0.486. The van der Waals surface area contributed by atoms with Gasteiger partial charge in [0, 0.05) is 0 Å². The summed E-state index contributed by atoms with van der Waals surface area (Å²) in [5.74, 6) is -2.14. The topological polar surface area (TPSA) is 147 Å².